The van der Waals surface area contributed by atoms with E-state index in [2.05, 4.69) is 0 Å². The summed E-state index contributed by atoms with van der Waals surface area (Å²) in [5.41, 5.74) is 0.955. The van der Waals surface area contributed by atoms with Gasteiger partial charge in [-0.2, -0.15) is 0 Å². The maximum Gasteiger partial charge on any atom is 0.277 e. The van der Waals surface area contributed by atoms with Gasteiger partial charge in [0.1, 0.15) is 24.2 Å². The van der Waals surface area contributed by atoms with Crippen molar-refractivity contribution in [3.63, 3.8) is 0 Å². The van der Waals surface area contributed by atoms with Crippen molar-refractivity contribution in [3.8, 4) is 11.5 Å². The zero-order valence-corrected chi connectivity index (χ0v) is 15.7. The van der Waals surface area contributed by atoms with Gasteiger partial charge in [0.05, 0.1) is 12.1 Å². The van der Waals surface area contributed by atoms with E-state index in [1.807, 2.05) is 36.4 Å². The van der Waals surface area contributed by atoms with Crippen LogP contribution in [0.25, 0.3) is 0 Å². The first kappa shape index (κ1) is 19.0. The van der Waals surface area contributed by atoms with Crippen LogP contribution in [-0.4, -0.2) is 35.3 Å². The van der Waals surface area contributed by atoms with Gasteiger partial charge in [-0.15, -0.1) is 0 Å². The Hall–Kier alpha value is -3.35. The van der Waals surface area contributed by atoms with E-state index in [-0.39, 0.29) is 24.8 Å². The molecule has 6 nitrogen and oxygen atoms in total. The van der Waals surface area contributed by atoms with E-state index >= 15 is 0 Å². The third kappa shape index (κ3) is 4.56. The maximum absolute atomic E-state index is 12.9. The minimum Gasteiger partial charge on any atom is -0.507 e. The molecule has 0 aliphatic carbocycles. The number of carbonyl (C=O) groups excluding carboxylic acids is 1. The Morgan fingerprint density at radius 3 is 2.34 bits per heavy atom. The summed E-state index contributed by atoms with van der Waals surface area (Å²) >= 11 is 0. The molecule has 0 aromatic heterocycles. The highest BCUT2D eigenvalue weighted by atomic mass is 16.8. The van der Waals surface area contributed by atoms with Crippen LogP contribution in [0, 0.1) is 0 Å². The first-order valence-electron chi connectivity index (χ1n) is 9.35. The van der Waals surface area contributed by atoms with Gasteiger partial charge in [-0.1, -0.05) is 54.6 Å². The van der Waals surface area contributed by atoms with Crippen LogP contribution in [0.1, 0.15) is 22.2 Å². The summed E-state index contributed by atoms with van der Waals surface area (Å²) in [4.78, 5) is 18.7. The first-order valence-corrected chi connectivity index (χ1v) is 9.35. The second-order valence-corrected chi connectivity index (χ2v) is 6.61. The van der Waals surface area contributed by atoms with Gasteiger partial charge in [-0.05, 0) is 30.3 Å². The smallest absolute Gasteiger partial charge is 0.277 e. The normalized spacial score (nSPS) is 19.0. The number of phenols is 1. The van der Waals surface area contributed by atoms with E-state index in [0.29, 0.717) is 16.9 Å². The fourth-order valence-electron chi connectivity index (χ4n) is 3.06. The van der Waals surface area contributed by atoms with Crippen LogP contribution in [0.5, 0.6) is 11.5 Å². The van der Waals surface area contributed by atoms with Gasteiger partial charge in [0.15, 0.2) is 0 Å². The molecule has 3 aromatic carbocycles. The van der Waals surface area contributed by atoms with Crippen molar-refractivity contribution in [2.75, 3.05) is 13.2 Å². The lowest BCUT2D eigenvalue weighted by Gasteiger charge is -2.37. The van der Waals surface area contributed by atoms with Crippen molar-refractivity contribution in [1.82, 2.24) is 5.06 Å². The topological polar surface area (TPSA) is 68.2 Å². The quantitative estimate of drug-likeness (QED) is 0.713. The van der Waals surface area contributed by atoms with Crippen molar-refractivity contribution >= 4 is 5.91 Å². The summed E-state index contributed by atoms with van der Waals surface area (Å²) in [7, 11) is 0. The SMILES string of the molecule is O=C(c1ccccc1)N1CC(COc2ccccc2)OC(c2ccccc2O)O1. The van der Waals surface area contributed by atoms with Crippen molar-refractivity contribution in [2.24, 2.45) is 0 Å². The van der Waals surface area contributed by atoms with Crippen LogP contribution in [0.2, 0.25) is 0 Å². The van der Waals surface area contributed by atoms with E-state index in [9.17, 15) is 9.90 Å². The van der Waals surface area contributed by atoms with Crippen molar-refractivity contribution in [3.05, 3.63) is 96.1 Å². The zero-order chi connectivity index (χ0) is 20.1. The van der Waals surface area contributed by atoms with E-state index in [1.165, 1.54) is 5.06 Å². The number of ether oxygens (including phenoxy) is 2. The Kier molecular flexibility index (Phi) is 5.74. The van der Waals surface area contributed by atoms with Gasteiger partial charge in [-0.3, -0.25) is 4.79 Å². The highest BCUT2D eigenvalue weighted by Gasteiger charge is 2.34. The molecular weight excluding hydrogens is 370 g/mol. The van der Waals surface area contributed by atoms with Crippen molar-refractivity contribution in [1.29, 1.82) is 0 Å². The molecule has 0 bridgehead atoms. The molecule has 1 amide bonds. The second-order valence-electron chi connectivity index (χ2n) is 6.61. The number of hydrogen-bond donors (Lipinski definition) is 1. The molecule has 1 fully saturated rings. The van der Waals surface area contributed by atoms with Crippen molar-refractivity contribution < 1.29 is 24.2 Å². The maximum atomic E-state index is 12.9. The molecule has 2 unspecified atom stereocenters. The largest absolute Gasteiger partial charge is 0.507 e. The number of carbonyl (C=O) groups is 1. The van der Waals surface area contributed by atoms with Crippen LogP contribution in [0.4, 0.5) is 0 Å². The molecule has 29 heavy (non-hydrogen) atoms. The van der Waals surface area contributed by atoms with E-state index in [1.54, 1.807) is 48.5 Å². The Bertz CT molecular complexity index is 948. The minimum absolute atomic E-state index is 0.0363. The molecule has 0 radical (unpaired) electrons. The average Bonchev–Trinajstić information content (AvgIpc) is 2.78. The third-order valence-electron chi connectivity index (χ3n) is 4.53. The average molecular weight is 391 g/mol. The van der Waals surface area contributed by atoms with Gasteiger partial charge in [0, 0.05) is 5.56 Å². The predicted molar refractivity (Wildman–Crippen MR) is 106 cm³/mol. The molecule has 4 rings (SSSR count). The number of benzene rings is 3. The Labute approximate surface area is 168 Å². The van der Waals surface area contributed by atoms with Crippen LogP contribution in [-0.2, 0) is 9.57 Å². The fraction of sp³-hybridized carbons (Fsp3) is 0.174. The van der Waals surface area contributed by atoms with Gasteiger partial charge in [0.2, 0.25) is 6.29 Å². The predicted octanol–water partition coefficient (Wildman–Crippen LogP) is 3.94. The zero-order valence-electron chi connectivity index (χ0n) is 15.7. The molecule has 0 saturated carbocycles. The molecule has 0 spiro atoms. The summed E-state index contributed by atoms with van der Waals surface area (Å²) in [6, 6.07) is 25.0. The molecule has 1 saturated heterocycles. The number of para-hydroxylation sites is 2. The number of hydrogen-bond acceptors (Lipinski definition) is 5. The van der Waals surface area contributed by atoms with Crippen LogP contribution >= 0.6 is 0 Å². The summed E-state index contributed by atoms with van der Waals surface area (Å²) < 4.78 is 11.8. The van der Waals surface area contributed by atoms with Gasteiger partial charge in [0.25, 0.3) is 5.91 Å². The molecule has 148 valence electrons. The number of phenolic OH excluding ortho intramolecular Hbond substituents is 1. The van der Waals surface area contributed by atoms with Crippen molar-refractivity contribution in [2.45, 2.75) is 12.4 Å². The summed E-state index contributed by atoms with van der Waals surface area (Å²) in [5.74, 6) is 0.468. The number of aromatic hydroxyl groups is 1. The molecular formula is C23H21NO5. The molecule has 1 N–H and O–H groups in total. The lowest BCUT2D eigenvalue weighted by Crippen LogP contribution is -2.47. The van der Waals surface area contributed by atoms with Gasteiger partial charge < -0.3 is 14.6 Å². The van der Waals surface area contributed by atoms with Gasteiger partial charge in [-0.25, -0.2) is 9.90 Å². The standard InChI is InChI=1S/C23H21NO5/c25-21-14-8-7-13-20(21)23-28-19(16-27-18-11-5-2-6-12-18)15-24(29-23)22(26)17-9-3-1-4-10-17/h1-14,19,23,25H,15-16H2. The highest BCUT2D eigenvalue weighted by molar-refractivity contribution is 5.93. The van der Waals surface area contributed by atoms with E-state index < -0.39 is 12.4 Å². The number of nitrogens with zero attached hydrogens (tertiary/aromatic N) is 1. The van der Waals surface area contributed by atoms with E-state index in [0.717, 1.165) is 0 Å². The highest BCUT2D eigenvalue weighted by Crippen LogP contribution is 2.33. The molecule has 3 aromatic rings. The molecule has 1 aliphatic heterocycles. The van der Waals surface area contributed by atoms with Crippen LogP contribution < -0.4 is 4.74 Å². The summed E-state index contributed by atoms with van der Waals surface area (Å²) in [6.07, 6.45) is -1.37. The lowest BCUT2D eigenvalue weighted by atomic mass is 10.1. The second kappa shape index (κ2) is 8.77. The number of rotatable bonds is 5. The molecule has 2 atom stereocenters. The fourth-order valence-corrected chi connectivity index (χ4v) is 3.06. The Morgan fingerprint density at radius 2 is 1.62 bits per heavy atom. The Morgan fingerprint density at radius 1 is 0.966 bits per heavy atom. The number of hydroxylamine groups is 2. The Balaban J connectivity index is 1.54. The van der Waals surface area contributed by atoms with Crippen LogP contribution in [0.3, 0.4) is 0 Å². The summed E-state index contributed by atoms with van der Waals surface area (Å²) in [5, 5.41) is 11.5. The lowest BCUT2D eigenvalue weighted by molar-refractivity contribution is -0.326. The van der Waals surface area contributed by atoms with Crippen LogP contribution in [0.15, 0.2) is 84.9 Å². The van der Waals surface area contributed by atoms with E-state index in [4.69, 9.17) is 14.3 Å². The molecule has 1 aliphatic rings. The molecule has 1 heterocycles. The minimum atomic E-state index is -0.929. The first-order chi connectivity index (χ1) is 14.2. The number of amides is 1. The molecule has 6 heteroatoms. The third-order valence-corrected chi connectivity index (χ3v) is 4.53. The summed E-state index contributed by atoms with van der Waals surface area (Å²) in [6.45, 7) is 0.431. The van der Waals surface area contributed by atoms with Gasteiger partial charge >= 0.3 is 0 Å². The monoisotopic (exact) mass is 391 g/mol.